The van der Waals surface area contributed by atoms with Crippen molar-refractivity contribution in [3.05, 3.63) is 23.3 Å². The van der Waals surface area contributed by atoms with Crippen LogP contribution in [0.4, 0.5) is 0 Å². The van der Waals surface area contributed by atoms with Crippen molar-refractivity contribution in [3.8, 4) is 0 Å². The number of rotatable bonds is 2. The lowest BCUT2D eigenvalue weighted by Gasteiger charge is -1.91. The summed E-state index contributed by atoms with van der Waals surface area (Å²) in [4.78, 5) is 7.21. The number of aromatic amines is 1. The van der Waals surface area contributed by atoms with E-state index >= 15 is 0 Å². The van der Waals surface area contributed by atoms with Crippen LogP contribution in [0, 0.1) is 6.92 Å². The fourth-order valence-corrected chi connectivity index (χ4v) is 0.799. The van der Waals surface area contributed by atoms with Gasteiger partial charge >= 0.3 is 0 Å². The van der Waals surface area contributed by atoms with Crippen LogP contribution >= 0.6 is 0 Å². The monoisotopic (exact) mass is 151 g/mol. The first kappa shape index (κ1) is 8.01. The Balaban J connectivity index is 2.78. The number of aryl methyl sites for hydroxylation is 1. The number of aromatic nitrogens is 2. The lowest BCUT2D eigenvalue weighted by atomic mass is 10.3. The minimum Gasteiger partial charge on any atom is -0.343 e. The zero-order valence-corrected chi connectivity index (χ0v) is 6.89. The fourth-order valence-electron chi connectivity index (χ4n) is 0.799. The summed E-state index contributed by atoms with van der Waals surface area (Å²) in [5.41, 5.74) is 7.61. The first-order valence-electron chi connectivity index (χ1n) is 3.61. The van der Waals surface area contributed by atoms with Crippen LogP contribution in [0.2, 0.25) is 0 Å². The van der Waals surface area contributed by atoms with Crippen molar-refractivity contribution in [3.63, 3.8) is 0 Å². The highest BCUT2D eigenvalue weighted by Gasteiger charge is 1.92. The Labute approximate surface area is 66.3 Å². The number of hydrogen-bond donors (Lipinski definition) is 2. The molecule has 1 rings (SSSR count). The SMILES string of the molecule is C/C(=C/c1ncc(C)[nH]1)CN. The second-order valence-corrected chi connectivity index (χ2v) is 2.65. The van der Waals surface area contributed by atoms with E-state index < -0.39 is 0 Å². The predicted octanol–water partition coefficient (Wildman–Crippen LogP) is 1.08. The molecule has 0 fully saturated rings. The lowest BCUT2D eigenvalue weighted by molar-refractivity contribution is 1.14. The zero-order chi connectivity index (χ0) is 8.27. The average Bonchev–Trinajstić information content (AvgIpc) is 2.35. The van der Waals surface area contributed by atoms with Gasteiger partial charge in [0.05, 0.1) is 0 Å². The molecule has 1 aromatic rings. The summed E-state index contributed by atoms with van der Waals surface area (Å²) in [6.45, 7) is 4.54. The first-order chi connectivity index (χ1) is 5.22. The molecule has 0 unspecified atom stereocenters. The Morgan fingerprint density at radius 2 is 2.55 bits per heavy atom. The Kier molecular flexibility index (Phi) is 2.44. The van der Waals surface area contributed by atoms with Gasteiger partial charge in [-0.25, -0.2) is 4.98 Å². The van der Waals surface area contributed by atoms with E-state index in [0.29, 0.717) is 6.54 Å². The quantitative estimate of drug-likeness (QED) is 0.664. The predicted molar refractivity (Wildman–Crippen MR) is 46.0 cm³/mol. The van der Waals surface area contributed by atoms with Crippen molar-refractivity contribution in [2.24, 2.45) is 5.73 Å². The van der Waals surface area contributed by atoms with Crippen molar-refractivity contribution in [1.82, 2.24) is 9.97 Å². The second kappa shape index (κ2) is 3.34. The Bertz CT molecular complexity index is 260. The molecule has 0 aromatic carbocycles. The van der Waals surface area contributed by atoms with Gasteiger partial charge in [0.1, 0.15) is 5.82 Å². The van der Waals surface area contributed by atoms with E-state index in [1.54, 1.807) is 6.20 Å². The minimum atomic E-state index is 0.583. The van der Waals surface area contributed by atoms with Gasteiger partial charge in [0.25, 0.3) is 0 Å². The van der Waals surface area contributed by atoms with Crippen LogP contribution in [0.1, 0.15) is 18.4 Å². The number of nitrogens with zero attached hydrogens (tertiary/aromatic N) is 1. The molecule has 0 bridgehead atoms. The second-order valence-electron chi connectivity index (χ2n) is 2.65. The van der Waals surface area contributed by atoms with Gasteiger partial charge in [-0.15, -0.1) is 0 Å². The van der Waals surface area contributed by atoms with Crippen molar-refractivity contribution in [2.75, 3.05) is 6.54 Å². The van der Waals surface area contributed by atoms with Crippen LogP contribution in [0.25, 0.3) is 6.08 Å². The van der Waals surface area contributed by atoms with E-state index in [4.69, 9.17) is 5.73 Å². The summed E-state index contributed by atoms with van der Waals surface area (Å²) in [5.74, 6) is 0.880. The molecule has 0 aliphatic carbocycles. The molecule has 1 heterocycles. The van der Waals surface area contributed by atoms with Crippen molar-refractivity contribution < 1.29 is 0 Å². The van der Waals surface area contributed by atoms with Gasteiger partial charge in [-0.1, -0.05) is 5.57 Å². The number of H-pyrrole nitrogens is 1. The van der Waals surface area contributed by atoms with Gasteiger partial charge in [-0.2, -0.15) is 0 Å². The maximum atomic E-state index is 5.42. The van der Waals surface area contributed by atoms with Crippen LogP contribution in [-0.4, -0.2) is 16.5 Å². The summed E-state index contributed by atoms with van der Waals surface area (Å²) in [6.07, 6.45) is 3.75. The molecule has 1 aromatic heterocycles. The average molecular weight is 151 g/mol. The van der Waals surface area contributed by atoms with Gasteiger partial charge in [-0.05, 0) is 19.9 Å². The van der Waals surface area contributed by atoms with Gasteiger partial charge in [0.15, 0.2) is 0 Å². The van der Waals surface area contributed by atoms with Crippen molar-refractivity contribution in [1.29, 1.82) is 0 Å². The standard InChI is InChI=1S/C8H13N3/c1-6(4-9)3-8-10-5-7(2)11-8/h3,5H,4,9H2,1-2H3,(H,10,11)/b6-3-. The molecule has 0 amide bonds. The molecule has 3 heteroatoms. The van der Waals surface area contributed by atoms with E-state index in [2.05, 4.69) is 9.97 Å². The van der Waals surface area contributed by atoms with Crippen molar-refractivity contribution >= 4 is 6.08 Å². The van der Waals surface area contributed by atoms with Crippen molar-refractivity contribution in [2.45, 2.75) is 13.8 Å². The molecular weight excluding hydrogens is 138 g/mol. The van der Waals surface area contributed by atoms with Crippen LogP contribution < -0.4 is 5.73 Å². The molecular formula is C8H13N3. The smallest absolute Gasteiger partial charge is 0.130 e. The Hall–Kier alpha value is -1.09. The van der Waals surface area contributed by atoms with E-state index in [1.807, 2.05) is 19.9 Å². The summed E-state index contributed by atoms with van der Waals surface area (Å²) < 4.78 is 0. The largest absolute Gasteiger partial charge is 0.343 e. The summed E-state index contributed by atoms with van der Waals surface area (Å²) in [5, 5.41) is 0. The summed E-state index contributed by atoms with van der Waals surface area (Å²) in [6, 6.07) is 0. The van der Waals surface area contributed by atoms with E-state index in [0.717, 1.165) is 17.1 Å². The minimum absolute atomic E-state index is 0.583. The normalized spacial score (nSPS) is 12.1. The summed E-state index contributed by atoms with van der Waals surface area (Å²) in [7, 11) is 0. The Morgan fingerprint density at radius 3 is 3.00 bits per heavy atom. The third kappa shape index (κ3) is 2.20. The highest BCUT2D eigenvalue weighted by molar-refractivity contribution is 5.44. The lowest BCUT2D eigenvalue weighted by Crippen LogP contribution is -1.99. The van der Waals surface area contributed by atoms with Gasteiger partial charge in [0, 0.05) is 18.4 Å². The van der Waals surface area contributed by atoms with E-state index in [9.17, 15) is 0 Å². The van der Waals surface area contributed by atoms with Gasteiger partial charge in [-0.3, -0.25) is 0 Å². The third-order valence-corrected chi connectivity index (χ3v) is 1.43. The van der Waals surface area contributed by atoms with Crippen LogP contribution in [-0.2, 0) is 0 Å². The molecule has 11 heavy (non-hydrogen) atoms. The van der Waals surface area contributed by atoms with E-state index in [1.165, 1.54) is 0 Å². The summed E-state index contributed by atoms with van der Waals surface area (Å²) >= 11 is 0. The fraction of sp³-hybridized carbons (Fsp3) is 0.375. The van der Waals surface area contributed by atoms with Crippen LogP contribution in [0.5, 0.6) is 0 Å². The molecule has 0 aliphatic heterocycles. The van der Waals surface area contributed by atoms with Crippen LogP contribution in [0.15, 0.2) is 11.8 Å². The number of hydrogen-bond acceptors (Lipinski definition) is 2. The number of imidazole rings is 1. The number of nitrogens with one attached hydrogen (secondary N) is 1. The maximum absolute atomic E-state index is 5.42. The highest BCUT2D eigenvalue weighted by atomic mass is 14.9. The number of nitrogens with two attached hydrogens (primary N) is 1. The van der Waals surface area contributed by atoms with E-state index in [-0.39, 0.29) is 0 Å². The highest BCUT2D eigenvalue weighted by Crippen LogP contribution is 2.00. The maximum Gasteiger partial charge on any atom is 0.130 e. The third-order valence-electron chi connectivity index (χ3n) is 1.43. The molecule has 3 nitrogen and oxygen atoms in total. The molecule has 0 saturated heterocycles. The van der Waals surface area contributed by atoms with Gasteiger partial charge in [0.2, 0.25) is 0 Å². The topological polar surface area (TPSA) is 54.7 Å². The first-order valence-corrected chi connectivity index (χ1v) is 3.61. The van der Waals surface area contributed by atoms with Crippen LogP contribution in [0.3, 0.4) is 0 Å². The zero-order valence-electron chi connectivity index (χ0n) is 6.89. The molecule has 0 spiro atoms. The molecule has 0 radical (unpaired) electrons. The molecule has 0 atom stereocenters. The molecule has 0 saturated carbocycles. The molecule has 0 aliphatic rings. The molecule has 60 valence electrons. The molecule has 3 N–H and O–H groups in total. The van der Waals surface area contributed by atoms with Gasteiger partial charge < -0.3 is 10.7 Å². The Morgan fingerprint density at radius 1 is 1.82 bits per heavy atom.